The van der Waals surface area contributed by atoms with E-state index in [1.807, 2.05) is 11.3 Å². The van der Waals surface area contributed by atoms with Crippen LogP contribution in [0.4, 0.5) is 5.13 Å². The monoisotopic (exact) mass is 224 g/mol. The quantitative estimate of drug-likeness (QED) is 0.848. The van der Waals surface area contributed by atoms with Crippen LogP contribution in [-0.4, -0.2) is 11.5 Å². The minimum atomic E-state index is 1.05. The number of hydrogen-bond donors (Lipinski definition) is 1. The molecule has 0 fully saturated rings. The second kappa shape index (κ2) is 5.50. The first-order valence-electron chi connectivity index (χ1n) is 6.12. The molecule has 0 aromatic carbocycles. The van der Waals surface area contributed by atoms with Crippen molar-refractivity contribution in [2.45, 2.75) is 51.9 Å². The average Bonchev–Trinajstić information content (AvgIpc) is 2.57. The van der Waals surface area contributed by atoms with Gasteiger partial charge in [0, 0.05) is 11.4 Å². The largest absolute Gasteiger partial charge is 0.362 e. The van der Waals surface area contributed by atoms with Crippen molar-refractivity contribution in [3.63, 3.8) is 0 Å². The smallest absolute Gasteiger partial charge is 0.183 e. The molecule has 2 nitrogen and oxygen atoms in total. The van der Waals surface area contributed by atoms with Crippen LogP contribution >= 0.6 is 11.3 Å². The van der Waals surface area contributed by atoms with Crippen LogP contribution in [0.1, 0.15) is 49.6 Å². The molecule has 0 aliphatic heterocycles. The lowest BCUT2D eigenvalue weighted by atomic mass is 10.0. The van der Waals surface area contributed by atoms with Crippen LogP contribution in [0.25, 0.3) is 0 Å². The molecule has 0 saturated heterocycles. The number of thiazole rings is 1. The van der Waals surface area contributed by atoms with Crippen LogP contribution in [0.15, 0.2) is 0 Å². The van der Waals surface area contributed by atoms with E-state index in [0.717, 1.165) is 11.7 Å². The van der Waals surface area contributed by atoms with Gasteiger partial charge < -0.3 is 5.32 Å². The van der Waals surface area contributed by atoms with Crippen LogP contribution < -0.4 is 5.32 Å². The Bertz CT molecular complexity index is 281. The standard InChI is InChI=1S/C12H20N2S/c1-2-9-13-12-14-10-7-5-3-4-6-8-11(10)15-12/h2-9H2,1H3,(H,13,14). The van der Waals surface area contributed by atoms with Crippen molar-refractivity contribution in [2.24, 2.45) is 0 Å². The molecule has 0 unspecified atom stereocenters. The van der Waals surface area contributed by atoms with Gasteiger partial charge in [0.15, 0.2) is 5.13 Å². The lowest BCUT2D eigenvalue weighted by molar-refractivity contribution is 0.616. The molecule has 1 aromatic heterocycles. The molecule has 15 heavy (non-hydrogen) atoms. The number of aromatic nitrogens is 1. The van der Waals surface area contributed by atoms with Crippen molar-refractivity contribution in [2.75, 3.05) is 11.9 Å². The lowest BCUT2D eigenvalue weighted by Gasteiger charge is -2.06. The van der Waals surface area contributed by atoms with Crippen LogP contribution in [0.2, 0.25) is 0 Å². The maximum Gasteiger partial charge on any atom is 0.183 e. The van der Waals surface area contributed by atoms with Crippen molar-refractivity contribution >= 4 is 16.5 Å². The summed E-state index contributed by atoms with van der Waals surface area (Å²) in [6, 6.07) is 0. The Balaban J connectivity index is 2.06. The summed E-state index contributed by atoms with van der Waals surface area (Å²) in [5.41, 5.74) is 1.37. The summed E-state index contributed by atoms with van der Waals surface area (Å²) in [5.74, 6) is 0. The number of nitrogens with one attached hydrogen (secondary N) is 1. The minimum Gasteiger partial charge on any atom is -0.362 e. The van der Waals surface area contributed by atoms with Crippen molar-refractivity contribution in [3.05, 3.63) is 10.6 Å². The summed E-state index contributed by atoms with van der Waals surface area (Å²) >= 11 is 1.88. The van der Waals surface area contributed by atoms with E-state index in [0.29, 0.717) is 0 Å². The fourth-order valence-electron chi connectivity index (χ4n) is 2.01. The molecule has 0 atom stereocenters. The Morgan fingerprint density at radius 3 is 2.80 bits per heavy atom. The molecule has 1 aliphatic carbocycles. The molecule has 1 aromatic rings. The van der Waals surface area contributed by atoms with Gasteiger partial charge in [-0.25, -0.2) is 4.98 Å². The van der Waals surface area contributed by atoms with Gasteiger partial charge in [0.2, 0.25) is 0 Å². The Kier molecular flexibility index (Phi) is 4.01. The van der Waals surface area contributed by atoms with E-state index in [9.17, 15) is 0 Å². The van der Waals surface area contributed by atoms with Gasteiger partial charge >= 0.3 is 0 Å². The first kappa shape index (κ1) is 10.9. The van der Waals surface area contributed by atoms with E-state index in [1.54, 1.807) is 0 Å². The second-order valence-corrected chi connectivity index (χ2v) is 5.31. The molecule has 84 valence electrons. The number of fused-ring (bicyclic) bond motifs is 1. The molecule has 1 N–H and O–H groups in total. The Labute approximate surface area is 96.1 Å². The summed E-state index contributed by atoms with van der Waals surface area (Å²) < 4.78 is 0. The molecule has 0 saturated carbocycles. The van der Waals surface area contributed by atoms with Crippen LogP contribution in [0.5, 0.6) is 0 Å². The highest BCUT2D eigenvalue weighted by atomic mass is 32.1. The van der Waals surface area contributed by atoms with Gasteiger partial charge in [0.05, 0.1) is 5.69 Å². The fourth-order valence-corrected chi connectivity index (χ4v) is 3.09. The minimum absolute atomic E-state index is 1.05. The third-order valence-corrected chi connectivity index (χ3v) is 3.99. The van der Waals surface area contributed by atoms with Gasteiger partial charge in [-0.3, -0.25) is 0 Å². The molecular formula is C12H20N2S. The molecule has 1 heterocycles. The van der Waals surface area contributed by atoms with E-state index in [1.165, 1.54) is 55.5 Å². The number of hydrogen-bond acceptors (Lipinski definition) is 3. The molecule has 2 rings (SSSR count). The van der Waals surface area contributed by atoms with E-state index in [-0.39, 0.29) is 0 Å². The third-order valence-electron chi connectivity index (χ3n) is 2.87. The van der Waals surface area contributed by atoms with Crippen molar-refractivity contribution in [1.82, 2.24) is 4.98 Å². The first-order valence-corrected chi connectivity index (χ1v) is 6.94. The maximum atomic E-state index is 4.70. The SMILES string of the molecule is CCCNc1nc2c(s1)CCCCCC2. The molecule has 0 bridgehead atoms. The van der Waals surface area contributed by atoms with Gasteiger partial charge in [0.25, 0.3) is 0 Å². The van der Waals surface area contributed by atoms with Gasteiger partial charge in [-0.2, -0.15) is 0 Å². The van der Waals surface area contributed by atoms with Gasteiger partial charge in [-0.15, -0.1) is 11.3 Å². The molecule has 0 spiro atoms. The average molecular weight is 224 g/mol. The fraction of sp³-hybridized carbons (Fsp3) is 0.750. The van der Waals surface area contributed by atoms with Crippen LogP contribution in [0.3, 0.4) is 0 Å². The normalized spacial score (nSPS) is 16.6. The van der Waals surface area contributed by atoms with E-state index >= 15 is 0 Å². The molecule has 0 radical (unpaired) electrons. The Morgan fingerprint density at radius 2 is 2.00 bits per heavy atom. The predicted molar refractivity (Wildman–Crippen MR) is 66.8 cm³/mol. The lowest BCUT2D eigenvalue weighted by Crippen LogP contribution is -1.99. The zero-order valence-corrected chi connectivity index (χ0v) is 10.3. The number of nitrogens with zero attached hydrogens (tertiary/aromatic N) is 1. The summed E-state index contributed by atoms with van der Waals surface area (Å²) in [7, 11) is 0. The van der Waals surface area contributed by atoms with E-state index < -0.39 is 0 Å². The van der Waals surface area contributed by atoms with Crippen molar-refractivity contribution in [1.29, 1.82) is 0 Å². The highest BCUT2D eigenvalue weighted by Gasteiger charge is 2.12. The van der Waals surface area contributed by atoms with Gasteiger partial charge in [-0.1, -0.05) is 19.8 Å². The summed E-state index contributed by atoms with van der Waals surface area (Å²) in [6.45, 7) is 3.24. The zero-order valence-electron chi connectivity index (χ0n) is 9.51. The third kappa shape index (κ3) is 2.94. The topological polar surface area (TPSA) is 24.9 Å². The Morgan fingerprint density at radius 1 is 1.20 bits per heavy atom. The zero-order chi connectivity index (χ0) is 10.5. The summed E-state index contributed by atoms with van der Waals surface area (Å²) in [6.07, 6.45) is 9.07. The predicted octanol–water partition coefficient (Wildman–Crippen LogP) is 3.62. The highest BCUT2D eigenvalue weighted by molar-refractivity contribution is 7.15. The Hall–Kier alpha value is -0.570. The first-order chi connectivity index (χ1) is 7.40. The maximum absolute atomic E-state index is 4.70. The number of anilines is 1. The summed E-state index contributed by atoms with van der Waals surface area (Å²) in [4.78, 5) is 6.23. The molecular weight excluding hydrogens is 204 g/mol. The van der Waals surface area contributed by atoms with Crippen molar-refractivity contribution in [3.8, 4) is 0 Å². The van der Waals surface area contributed by atoms with Crippen LogP contribution in [-0.2, 0) is 12.8 Å². The molecule has 3 heteroatoms. The van der Waals surface area contributed by atoms with Gasteiger partial charge in [-0.05, 0) is 32.1 Å². The van der Waals surface area contributed by atoms with Gasteiger partial charge in [0.1, 0.15) is 0 Å². The highest BCUT2D eigenvalue weighted by Crippen LogP contribution is 2.28. The van der Waals surface area contributed by atoms with E-state index in [4.69, 9.17) is 4.98 Å². The number of aryl methyl sites for hydroxylation is 2. The molecule has 0 amide bonds. The second-order valence-electron chi connectivity index (χ2n) is 4.23. The summed E-state index contributed by atoms with van der Waals surface area (Å²) in [5, 5.41) is 4.54. The molecule has 1 aliphatic rings. The number of rotatable bonds is 3. The van der Waals surface area contributed by atoms with Crippen LogP contribution in [0, 0.1) is 0 Å². The van der Waals surface area contributed by atoms with E-state index in [2.05, 4.69) is 12.2 Å². The van der Waals surface area contributed by atoms with Crippen molar-refractivity contribution < 1.29 is 0 Å².